The van der Waals surface area contributed by atoms with E-state index >= 15 is 0 Å². The average molecular weight is 298 g/mol. The molecule has 2 aromatic carbocycles. The Hall–Kier alpha value is -1.91. The summed E-state index contributed by atoms with van der Waals surface area (Å²) in [5.41, 5.74) is 5.93. The SMILES string of the molecule is Nc1cccc(C(=O)O)c1Oc1ccc(Cl)c(Cl)c1. The van der Waals surface area contributed by atoms with Crippen molar-refractivity contribution in [3.05, 3.63) is 52.0 Å². The van der Waals surface area contributed by atoms with Gasteiger partial charge in [-0.05, 0) is 24.3 Å². The number of benzene rings is 2. The number of para-hydroxylation sites is 1. The molecule has 0 aliphatic rings. The van der Waals surface area contributed by atoms with E-state index in [2.05, 4.69) is 0 Å². The standard InChI is InChI=1S/C13H9Cl2NO3/c14-9-5-4-7(6-10(9)15)19-12-8(13(17)18)2-1-3-11(12)16/h1-6H,16H2,(H,17,18). The zero-order valence-corrected chi connectivity index (χ0v) is 11.1. The first-order valence-electron chi connectivity index (χ1n) is 5.23. The topological polar surface area (TPSA) is 72.6 Å². The fourth-order valence-electron chi connectivity index (χ4n) is 1.50. The Balaban J connectivity index is 2.42. The number of aromatic carboxylic acids is 1. The molecule has 0 amide bonds. The van der Waals surface area contributed by atoms with Gasteiger partial charge in [-0.2, -0.15) is 0 Å². The maximum Gasteiger partial charge on any atom is 0.339 e. The van der Waals surface area contributed by atoms with Crippen LogP contribution in [-0.4, -0.2) is 11.1 Å². The van der Waals surface area contributed by atoms with Crippen molar-refractivity contribution in [1.82, 2.24) is 0 Å². The molecule has 6 heteroatoms. The summed E-state index contributed by atoms with van der Waals surface area (Å²) in [4.78, 5) is 11.1. The first-order chi connectivity index (χ1) is 8.99. The Morgan fingerprint density at radius 1 is 1.16 bits per heavy atom. The monoisotopic (exact) mass is 297 g/mol. The van der Waals surface area contributed by atoms with E-state index in [4.69, 9.17) is 38.8 Å². The van der Waals surface area contributed by atoms with Crippen LogP contribution in [0.15, 0.2) is 36.4 Å². The van der Waals surface area contributed by atoms with Crippen molar-refractivity contribution in [2.24, 2.45) is 0 Å². The Bertz CT molecular complexity index is 644. The highest BCUT2D eigenvalue weighted by Crippen LogP contribution is 2.34. The molecule has 98 valence electrons. The molecule has 0 heterocycles. The second kappa shape index (κ2) is 5.38. The van der Waals surface area contributed by atoms with Crippen molar-refractivity contribution >= 4 is 34.9 Å². The van der Waals surface area contributed by atoms with Gasteiger partial charge in [0.15, 0.2) is 5.75 Å². The largest absolute Gasteiger partial charge is 0.478 e. The quantitative estimate of drug-likeness (QED) is 0.838. The second-order valence-corrected chi connectivity index (χ2v) is 4.52. The summed E-state index contributed by atoms with van der Waals surface area (Å²) in [5.74, 6) is -0.689. The molecule has 0 atom stereocenters. The van der Waals surface area contributed by atoms with Crippen molar-refractivity contribution in [3.8, 4) is 11.5 Å². The van der Waals surface area contributed by atoms with Gasteiger partial charge in [0, 0.05) is 6.07 Å². The molecular weight excluding hydrogens is 289 g/mol. The molecule has 0 saturated heterocycles. The second-order valence-electron chi connectivity index (χ2n) is 3.71. The van der Waals surface area contributed by atoms with Crippen LogP contribution in [0.3, 0.4) is 0 Å². The Morgan fingerprint density at radius 3 is 2.53 bits per heavy atom. The summed E-state index contributed by atoms with van der Waals surface area (Å²) in [6.07, 6.45) is 0. The average Bonchev–Trinajstić information content (AvgIpc) is 2.36. The van der Waals surface area contributed by atoms with Gasteiger partial charge in [0.25, 0.3) is 0 Å². The van der Waals surface area contributed by atoms with E-state index < -0.39 is 5.97 Å². The van der Waals surface area contributed by atoms with E-state index in [1.165, 1.54) is 12.1 Å². The molecule has 19 heavy (non-hydrogen) atoms. The molecule has 0 radical (unpaired) electrons. The van der Waals surface area contributed by atoms with E-state index in [0.29, 0.717) is 15.8 Å². The Kier molecular flexibility index (Phi) is 3.83. The van der Waals surface area contributed by atoms with Crippen LogP contribution < -0.4 is 10.5 Å². The van der Waals surface area contributed by atoms with E-state index in [0.717, 1.165) is 0 Å². The first-order valence-corrected chi connectivity index (χ1v) is 5.99. The van der Waals surface area contributed by atoms with Gasteiger partial charge >= 0.3 is 5.97 Å². The molecule has 0 aromatic heterocycles. The van der Waals surface area contributed by atoms with Crippen LogP contribution >= 0.6 is 23.2 Å². The first kappa shape index (κ1) is 13.5. The van der Waals surface area contributed by atoms with Gasteiger partial charge in [-0.3, -0.25) is 0 Å². The molecule has 2 rings (SSSR count). The molecule has 0 unspecified atom stereocenters. The van der Waals surface area contributed by atoms with Gasteiger partial charge in [0.05, 0.1) is 15.7 Å². The molecule has 0 bridgehead atoms. The number of halogens is 2. The summed E-state index contributed by atoms with van der Waals surface area (Å²) in [6.45, 7) is 0. The lowest BCUT2D eigenvalue weighted by Gasteiger charge is -2.11. The number of nitrogen functional groups attached to an aromatic ring is 1. The van der Waals surface area contributed by atoms with Crippen molar-refractivity contribution in [3.63, 3.8) is 0 Å². The van der Waals surface area contributed by atoms with Gasteiger partial charge in [-0.25, -0.2) is 4.79 Å². The van der Waals surface area contributed by atoms with Crippen molar-refractivity contribution in [1.29, 1.82) is 0 Å². The van der Waals surface area contributed by atoms with Gasteiger partial charge in [0.2, 0.25) is 0 Å². The van der Waals surface area contributed by atoms with Gasteiger partial charge in [-0.15, -0.1) is 0 Å². The van der Waals surface area contributed by atoms with Crippen LogP contribution in [0.4, 0.5) is 5.69 Å². The lowest BCUT2D eigenvalue weighted by molar-refractivity contribution is 0.0694. The smallest absolute Gasteiger partial charge is 0.339 e. The predicted octanol–water partition coefficient (Wildman–Crippen LogP) is 4.07. The third kappa shape index (κ3) is 2.92. The number of ether oxygens (including phenoxy) is 1. The van der Waals surface area contributed by atoms with Crippen LogP contribution in [0.2, 0.25) is 10.0 Å². The highest BCUT2D eigenvalue weighted by atomic mass is 35.5. The minimum atomic E-state index is -1.12. The van der Waals surface area contributed by atoms with Crippen molar-refractivity contribution in [2.75, 3.05) is 5.73 Å². The molecule has 0 saturated carbocycles. The van der Waals surface area contributed by atoms with Crippen molar-refractivity contribution < 1.29 is 14.6 Å². The summed E-state index contributed by atoms with van der Waals surface area (Å²) in [6, 6.07) is 9.12. The number of carboxylic acids is 1. The van der Waals surface area contributed by atoms with E-state index in [1.807, 2.05) is 0 Å². The Morgan fingerprint density at radius 2 is 1.89 bits per heavy atom. The van der Waals surface area contributed by atoms with E-state index in [1.54, 1.807) is 24.3 Å². The molecule has 4 nitrogen and oxygen atoms in total. The van der Waals surface area contributed by atoms with Gasteiger partial charge in [0.1, 0.15) is 11.3 Å². The Labute approximate surface area is 119 Å². The van der Waals surface area contributed by atoms with E-state index in [-0.39, 0.29) is 17.0 Å². The fourth-order valence-corrected chi connectivity index (χ4v) is 1.78. The number of hydrogen-bond acceptors (Lipinski definition) is 3. The predicted molar refractivity (Wildman–Crippen MR) is 74.3 cm³/mol. The summed E-state index contributed by atoms with van der Waals surface area (Å²) in [5, 5.41) is 9.78. The third-order valence-electron chi connectivity index (χ3n) is 2.39. The molecule has 0 aliphatic heterocycles. The zero-order chi connectivity index (χ0) is 14.0. The number of anilines is 1. The molecular formula is C13H9Cl2NO3. The molecule has 2 aromatic rings. The number of rotatable bonds is 3. The lowest BCUT2D eigenvalue weighted by Crippen LogP contribution is -2.02. The summed E-state index contributed by atoms with van der Waals surface area (Å²) in [7, 11) is 0. The highest BCUT2D eigenvalue weighted by molar-refractivity contribution is 6.42. The summed E-state index contributed by atoms with van der Waals surface area (Å²) >= 11 is 11.7. The fraction of sp³-hybridized carbons (Fsp3) is 0. The molecule has 0 spiro atoms. The van der Waals surface area contributed by atoms with Gasteiger partial charge < -0.3 is 15.6 Å². The van der Waals surface area contributed by atoms with E-state index in [9.17, 15) is 4.79 Å². The minimum Gasteiger partial charge on any atom is -0.478 e. The van der Waals surface area contributed by atoms with Gasteiger partial charge in [-0.1, -0.05) is 29.3 Å². The van der Waals surface area contributed by atoms with Crippen LogP contribution in [0.5, 0.6) is 11.5 Å². The highest BCUT2D eigenvalue weighted by Gasteiger charge is 2.15. The van der Waals surface area contributed by atoms with Crippen LogP contribution in [0.25, 0.3) is 0 Å². The maximum absolute atomic E-state index is 11.1. The minimum absolute atomic E-state index is 0.0222. The number of hydrogen-bond donors (Lipinski definition) is 2. The summed E-state index contributed by atoms with van der Waals surface area (Å²) < 4.78 is 5.49. The number of carbonyl (C=O) groups is 1. The van der Waals surface area contributed by atoms with Crippen molar-refractivity contribution in [2.45, 2.75) is 0 Å². The maximum atomic E-state index is 11.1. The van der Waals surface area contributed by atoms with Crippen LogP contribution in [0.1, 0.15) is 10.4 Å². The van der Waals surface area contributed by atoms with Crippen LogP contribution in [0, 0.1) is 0 Å². The number of nitrogens with two attached hydrogens (primary N) is 1. The molecule has 0 fully saturated rings. The normalized spacial score (nSPS) is 10.2. The molecule has 0 aliphatic carbocycles. The zero-order valence-electron chi connectivity index (χ0n) is 9.56. The van der Waals surface area contributed by atoms with Crippen LogP contribution in [-0.2, 0) is 0 Å². The lowest BCUT2D eigenvalue weighted by atomic mass is 10.1. The molecule has 3 N–H and O–H groups in total. The number of carboxylic acid groups (broad SMARTS) is 1. The third-order valence-corrected chi connectivity index (χ3v) is 3.13.